The van der Waals surface area contributed by atoms with Crippen LogP contribution < -0.4 is 15.4 Å². The second-order valence-electron chi connectivity index (χ2n) is 10.1. The molecule has 1 saturated carbocycles. The molecule has 7 heteroatoms. The first-order valence-corrected chi connectivity index (χ1v) is 13.7. The summed E-state index contributed by atoms with van der Waals surface area (Å²) < 4.78 is 5.69. The number of piperidine rings is 1. The van der Waals surface area contributed by atoms with Crippen LogP contribution in [0.15, 0.2) is 54.6 Å². The molecular formula is C30H39N3O4. The summed E-state index contributed by atoms with van der Waals surface area (Å²) in [5, 5.41) is 6.36. The normalized spacial score (nSPS) is 20.2. The maximum Gasteiger partial charge on any atom is 0.253 e. The van der Waals surface area contributed by atoms with Gasteiger partial charge < -0.3 is 20.3 Å². The number of amides is 3. The zero-order valence-electron chi connectivity index (χ0n) is 21.8. The van der Waals surface area contributed by atoms with Crippen LogP contribution in [-0.4, -0.2) is 54.4 Å². The van der Waals surface area contributed by atoms with E-state index in [4.69, 9.17) is 4.74 Å². The third kappa shape index (κ3) is 7.34. The van der Waals surface area contributed by atoms with Gasteiger partial charge >= 0.3 is 0 Å². The minimum atomic E-state index is -0.120. The zero-order chi connectivity index (χ0) is 26.0. The minimum Gasteiger partial charge on any atom is -0.494 e. The summed E-state index contributed by atoms with van der Waals surface area (Å²) in [6, 6.07) is 16.4. The van der Waals surface area contributed by atoms with Crippen molar-refractivity contribution in [3.8, 4) is 5.75 Å². The van der Waals surface area contributed by atoms with Crippen LogP contribution in [0.4, 0.5) is 0 Å². The van der Waals surface area contributed by atoms with Crippen molar-refractivity contribution in [1.82, 2.24) is 15.5 Å². The van der Waals surface area contributed by atoms with Gasteiger partial charge in [-0.25, -0.2) is 0 Å². The van der Waals surface area contributed by atoms with E-state index in [0.717, 1.165) is 44.3 Å². The van der Waals surface area contributed by atoms with E-state index in [-0.39, 0.29) is 35.7 Å². The van der Waals surface area contributed by atoms with Gasteiger partial charge in [-0.15, -0.1) is 0 Å². The van der Waals surface area contributed by atoms with Gasteiger partial charge in [-0.1, -0.05) is 44.4 Å². The summed E-state index contributed by atoms with van der Waals surface area (Å²) in [4.78, 5) is 40.6. The van der Waals surface area contributed by atoms with Crippen molar-refractivity contribution in [2.75, 3.05) is 19.7 Å². The molecule has 3 amide bonds. The third-order valence-corrected chi connectivity index (χ3v) is 7.47. The van der Waals surface area contributed by atoms with Gasteiger partial charge in [-0.3, -0.25) is 14.4 Å². The van der Waals surface area contributed by atoms with E-state index in [9.17, 15) is 14.4 Å². The number of nitrogens with one attached hydrogen (secondary N) is 2. The van der Waals surface area contributed by atoms with E-state index < -0.39 is 0 Å². The van der Waals surface area contributed by atoms with Gasteiger partial charge in [0.25, 0.3) is 11.8 Å². The molecular weight excluding hydrogens is 466 g/mol. The number of unbranched alkanes of at least 4 members (excludes halogenated alkanes) is 1. The standard InChI is InChI=1S/C30H39N3O4/c1-2-3-21-37-25-15-13-24(14-16-25)30(36)33-19-17-23(18-20-33)29(35)32-27-12-8-7-11-26(27)31-28(34)22-9-5-4-6-10-22/h4-6,9-10,13-16,23,26-27H,2-3,7-8,11-12,17-21H2,1H3,(H,31,34)(H,32,35)/t26-,27-/m1/s1. The average molecular weight is 506 g/mol. The molecule has 2 aromatic rings. The Balaban J connectivity index is 1.25. The lowest BCUT2D eigenvalue weighted by atomic mass is 9.88. The maximum absolute atomic E-state index is 13.1. The molecule has 4 rings (SSSR count). The molecule has 2 N–H and O–H groups in total. The lowest BCUT2D eigenvalue weighted by molar-refractivity contribution is -0.127. The molecule has 0 radical (unpaired) electrons. The Morgan fingerprint density at radius 3 is 2.14 bits per heavy atom. The number of nitrogens with zero attached hydrogens (tertiary/aromatic N) is 1. The van der Waals surface area contributed by atoms with Gasteiger partial charge in [0.2, 0.25) is 5.91 Å². The Morgan fingerprint density at radius 2 is 1.49 bits per heavy atom. The Hall–Kier alpha value is -3.35. The SMILES string of the molecule is CCCCOc1ccc(C(=O)N2CCC(C(=O)N[C@@H]3CCCC[C@H]3NC(=O)c3ccccc3)CC2)cc1. The molecule has 0 bridgehead atoms. The fraction of sp³-hybridized carbons (Fsp3) is 0.500. The molecule has 2 fully saturated rings. The van der Waals surface area contributed by atoms with Gasteiger partial charge in [0.05, 0.1) is 6.61 Å². The molecule has 0 spiro atoms. The average Bonchev–Trinajstić information content (AvgIpc) is 2.95. The summed E-state index contributed by atoms with van der Waals surface area (Å²) in [6.07, 6.45) is 7.17. The van der Waals surface area contributed by atoms with E-state index in [2.05, 4.69) is 17.6 Å². The number of likely N-dealkylation sites (tertiary alicyclic amines) is 1. The Morgan fingerprint density at radius 1 is 0.838 bits per heavy atom. The molecule has 0 unspecified atom stereocenters. The van der Waals surface area contributed by atoms with E-state index in [0.29, 0.717) is 43.7 Å². The highest BCUT2D eigenvalue weighted by Crippen LogP contribution is 2.23. The van der Waals surface area contributed by atoms with Crippen LogP contribution in [0.25, 0.3) is 0 Å². The molecule has 2 aromatic carbocycles. The zero-order valence-corrected chi connectivity index (χ0v) is 21.8. The fourth-order valence-electron chi connectivity index (χ4n) is 5.17. The Bertz CT molecular complexity index is 1030. The van der Waals surface area contributed by atoms with E-state index >= 15 is 0 Å². The lowest BCUT2D eigenvalue weighted by Gasteiger charge is -2.36. The van der Waals surface area contributed by atoms with Gasteiger partial charge in [-0.2, -0.15) is 0 Å². The van der Waals surface area contributed by atoms with Gasteiger partial charge in [-0.05, 0) is 68.5 Å². The first kappa shape index (κ1) is 26.7. The molecule has 1 aliphatic heterocycles. The monoisotopic (exact) mass is 505 g/mol. The van der Waals surface area contributed by atoms with Crippen LogP contribution in [0, 0.1) is 5.92 Å². The molecule has 0 aromatic heterocycles. The fourth-order valence-corrected chi connectivity index (χ4v) is 5.17. The van der Waals surface area contributed by atoms with E-state index in [1.54, 1.807) is 12.1 Å². The topological polar surface area (TPSA) is 87.7 Å². The summed E-state index contributed by atoms with van der Waals surface area (Å²) in [5.41, 5.74) is 1.28. The first-order valence-electron chi connectivity index (χ1n) is 13.7. The van der Waals surface area contributed by atoms with Gasteiger partial charge in [0.15, 0.2) is 0 Å². The second kappa shape index (κ2) is 13.3. The lowest BCUT2D eigenvalue weighted by Crippen LogP contribution is -2.55. The van der Waals surface area contributed by atoms with E-state index in [1.807, 2.05) is 47.4 Å². The Kier molecular flexibility index (Phi) is 9.58. The molecule has 1 saturated heterocycles. The second-order valence-corrected chi connectivity index (χ2v) is 10.1. The summed E-state index contributed by atoms with van der Waals surface area (Å²) in [6.45, 7) is 3.92. The maximum atomic E-state index is 13.1. The molecule has 198 valence electrons. The highest BCUT2D eigenvalue weighted by atomic mass is 16.5. The minimum absolute atomic E-state index is 0.00469. The van der Waals surface area contributed by atoms with Crippen molar-refractivity contribution >= 4 is 17.7 Å². The van der Waals surface area contributed by atoms with Crippen LogP contribution >= 0.6 is 0 Å². The van der Waals surface area contributed by atoms with Crippen LogP contribution in [-0.2, 0) is 4.79 Å². The summed E-state index contributed by atoms with van der Waals surface area (Å²) in [5.74, 6) is 0.591. The summed E-state index contributed by atoms with van der Waals surface area (Å²) >= 11 is 0. The van der Waals surface area contributed by atoms with Crippen molar-refractivity contribution in [3.05, 3.63) is 65.7 Å². The first-order chi connectivity index (χ1) is 18.0. The van der Waals surface area contributed by atoms with E-state index in [1.165, 1.54) is 0 Å². The Labute approximate surface area is 220 Å². The largest absolute Gasteiger partial charge is 0.494 e. The van der Waals surface area contributed by atoms with Crippen LogP contribution in [0.2, 0.25) is 0 Å². The number of rotatable bonds is 9. The van der Waals surface area contributed by atoms with Crippen LogP contribution in [0.1, 0.15) is 79.0 Å². The number of ether oxygens (including phenoxy) is 1. The molecule has 1 heterocycles. The predicted molar refractivity (Wildman–Crippen MR) is 144 cm³/mol. The van der Waals surface area contributed by atoms with Crippen molar-refractivity contribution in [2.45, 2.75) is 70.4 Å². The number of hydrogen-bond acceptors (Lipinski definition) is 4. The third-order valence-electron chi connectivity index (χ3n) is 7.47. The molecule has 2 atom stereocenters. The van der Waals surface area contributed by atoms with Crippen LogP contribution in [0.5, 0.6) is 5.75 Å². The molecule has 7 nitrogen and oxygen atoms in total. The highest BCUT2D eigenvalue weighted by Gasteiger charge is 2.32. The highest BCUT2D eigenvalue weighted by molar-refractivity contribution is 5.95. The van der Waals surface area contributed by atoms with Crippen molar-refractivity contribution < 1.29 is 19.1 Å². The van der Waals surface area contributed by atoms with Crippen molar-refractivity contribution in [3.63, 3.8) is 0 Å². The smallest absolute Gasteiger partial charge is 0.253 e. The van der Waals surface area contributed by atoms with Gasteiger partial charge in [0.1, 0.15) is 5.75 Å². The molecule has 1 aliphatic carbocycles. The molecule has 2 aliphatic rings. The predicted octanol–water partition coefficient (Wildman–Crippen LogP) is 4.58. The number of hydrogen-bond donors (Lipinski definition) is 2. The van der Waals surface area contributed by atoms with Crippen molar-refractivity contribution in [1.29, 1.82) is 0 Å². The van der Waals surface area contributed by atoms with Crippen molar-refractivity contribution in [2.24, 2.45) is 5.92 Å². The quantitative estimate of drug-likeness (QED) is 0.489. The van der Waals surface area contributed by atoms with Crippen LogP contribution in [0.3, 0.4) is 0 Å². The number of benzene rings is 2. The number of carbonyl (C=O) groups is 3. The molecule has 37 heavy (non-hydrogen) atoms. The number of carbonyl (C=O) groups excluding carboxylic acids is 3. The summed E-state index contributed by atoms with van der Waals surface area (Å²) in [7, 11) is 0. The van der Waals surface area contributed by atoms with Gasteiger partial charge in [0, 0.05) is 42.2 Å².